The zero-order chi connectivity index (χ0) is 18.0. The molecule has 0 radical (unpaired) electrons. The Kier molecular flexibility index (Phi) is 4.95. The number of amides is 1. The molecule has 0 aliphatic carbocycles. The smallest absolute Gasteiger partial charge is 0.339 e. The summed E-state index contributed by atoms with van der Waals surface area (Å²) in [5.41, 5.74) is 2.92. The fourth-order valence-electron chi connectivity index (χ4n) is 2.98. The monoisotopic (exact) mass is 359 g/mol. The maximum absolute atomic E-state index is 11.8. The lowest BCUT2D eigenvalue weighted by Gasteiger charge is -2.14. The number of halogens is 1. The van der Waals surface area contributed by atoms with Gasteiger partial charge in [-0.3, -0.25) is 4.79 Å². The summed E-state index contributed by atoms with van der Waals surface area (Å²) in [4.78, 5) is 23.4. The fraction of sp³-hybridized carbons (Fsp3) is 0.263. The Bertz CT molecular complexity index is 848. The molecule has 0 unspecified atom stereocenters. The van der Waals surface area contributed by atoms with Gasteiger partial charge in [0, 0.05) is 7.05 Å². The van der Waals surface area contributed by atoms with E-state index in [1.807, 2.05) is 6.07 Å². The number of fused-ring (bicyclic) bond motifs is 1. The van der Waals surface area contributed by atoms with Gasteiger partial charge in [-0.25, -0.2) is 4.79 Å². The zero-order valence-corrected chi connectivity index (χ0v) is 14.5. The van der Waals surface area contributed by atoms with Gasteiger partial charge in [-0.1, -0.05) is 17.7 Å². The molecule has 0 saturated carbocycles. The molecule has 5 nitrogen and oxygen atoms in total. The van der Waals surface area contributed by atoms with Crippen LogP contribution in [0.15, 0.2) is 30.3 Å². The van der Waals surface area contributed by atoms with E-state index < -0.39 is 5.97 Å². The summed E-state index contributed by atoms with van der Waals surface area (Å²) in [5.74, 6) is -0.826. The van der Waals surface area contributed by atoms with Crippen molar-refractivity contribution in [2.24, 2.45) is 0 Å². The van der Waals surface area contributed by atoms with Crippen molar-refractivity contribution < 1.29 is 19.4 Å². The van der Waals surface area contributed by atoms with E-state index >= 15 is 0 Å². The lowest BCUT2D eigenvalue weighted by molar-refractivity contribution is 0.0692. The van der Waals surface area contributed by atoms with Gasteiger partial charge in [0.05, 0.1) is 17.2 Å². The number of carbonyl (C=O) groups excluding carboxylic acids is 1. The Morgan fingerprint density at radius 1 is 1.12 bits per heavy atom. The van der Waals surface area contributed by atoms with E-state index in [-0.39, 0.29) is 11.5 Å². The highest BCUT2D eigenvalue weighted by molar-refractivity contribution is 6.34. The summed E-state index contributed by atoms with van der Waals surface area (Å²) in [6, 6.07) is 8.62. The molecular formula is C19H18ClNO4. The Labute approximate surface area is 150 Å². The topological polar surface area (TPSA) is 75.6 Å². The van der Waals surface area contributed by atoms with Crippen LogP contribution < -0.4 is 10.1 Å². The average molecular weight is 360 g/mol. The number of carboxylic acid groups (broad SMARTS) is 1. The van der Waals surface area contributed by atoms with Gasteiger partial charge in [-0.2, -0.15) is 0 Å². The highest BCUT2D eigenvalue weighted by Gasteiger charge is 2.20. The minimum Gasteiger partial charge on any atom is -0.492 e. The first-order valence-corrected chi connectivity index (χ1v) is 8.44. The third-order valence-corrected chi connectivity index (χ3v) is 4.57. The van der Waals surface area contributed by atoms with Gasteiger partial charge in [-0.15, -0.1) is 0 Å². The molecule has 0 aromatic heterocycles. The van der Waals surface area contributed by atoms with E-state index in [0.717, 1.165) is 36.0 Å². The van der Waals surface area contributed by atoms with Crippen LogP contribution in [0.25, 0.3) is 11.1 Å². The van der Waals surface area contributed by atoms with Crippen molar-refractivity contribution in [1.29, 1.82) is 0 Å². The molecule has 1 aliphatic rings. The molecule has 0 atom stereocenters. The van der Waals surface area contributed by atoms with Gasteiger partial charge in [0.2, 0.25) is 0 Å². The number of carbonyl (C=O) groups is 2. The number of hydrogen-bond acceptors (Lipinski definition) is 3. The number of rotatable bonds is 3. The number of benzene rings is 2. The van der Waals surface area contributed by atoms with Crippen molar-refractivity contribution in [3.63, 3.8) is 0 Å². The molecule has 6 heteroatoms. The van der Waals surface area contributed by atoms with E-state index in [9.17, 15) is 14.7 Å². The van der Waals surface area contributed by atoms with Crippen LogP contribution in [-0.4, -0.2) is 30.6 Å². The minimum atomic E-state index is -1.02. The van der Waals surface area contributed by atoms with E-state index in [4.69, 9.17) is 16.3 Å². The number of hydrogen-bond donors (Lipinski definition) is 2. The molecule has 1 amide bonds. The van der Waals surface area contributed by atoms with Gasteiger partial charge in [0.25, 0.3) is 5.91 Å². The largest absolute Gasteiger partial charge is 0.492 e. The number of ether oxygens (including phenoxy) is 1. The molecule has 130 valence electrons. The number of aryl methyl sites for hydroxylation is 1. The van der Waals surface area contributed by atoms with Crippen LogP contribution >= 0.6 is 11.6 Å². The van der Waals surface area contributed by atoms with Crippen LogP contribution in [0.4, 0.5) is 0 Å². The standard InChI is InChI=1S/C19H18ClNO4/c1-21-18(22)14-6-5-11(10-16(14)20)13-8-12-4-2-3-7-25-17(12)15(9-13)19(23)24/h5-6,8-10H,2-4,7H2,1H3,(H,21,22)(H,23,24). The van der Waals surface area contributed by atoms with Gasteiger partial charge in [0.1, 0.15) is 11.3 Å². The van der Waals surface area contributed by atoms with Crippen molar-refractivity contribution >= 4 is 23.5 Å². The molecule has 2 aromatic rings. The molecular weight excluding hydrogens is 342 g/mol. The van der Waals surface area contributed by atoms with Gasteiger partial charge >= 0.3 is 5.97 Å². The zero-order valence-electron chi connectivity index (χ0n) is 13.8. The molecule has 2 N–H and O–H groups in total. The van der Waals surface area contributed by atoms with Crippen LogP contribution in [0, 0.1) is 0 Å². The van der Waals surface area contributed by atoms with Gasteiger partial charge in [-0.05, 0) is 60.2 Å². The highest BCUT2D eigenvalue weighted by Crippen LogP contribution is 2.35. The Morgan fingerprint density at radius 3 is 2.60 bits per heavy atom. The second kappa shape index (κ2) is 7.15. The summed E-state index contributed by atoms with van der Waals surface area (Å²) < 4.78 is 5.66. The second-order valence-electron chi connectivity index (χ2n) is 5.90. The third-order valence-electron chi connectivity index (χ3n) is 4.26. The molecule has 1 heterocycles. The molecule has 0 fully saturated rings. The number of nitrogens with one attached hydrogen (secondary N) is 1. The predicted molar refractivity (Wildman–Crippen MR) is 95.7 cm³/mol. The third kappa shape index (κ3) is 3.46. The lowest BCUT2D eigenvalue weighted by Crippen LogP contribution is -2.18. The summed E-state index contributed by atoms with van der Waals surface area (Å²) in [7, 11) is 1.54. The summed E-state index contributed by atoms with van der Waals surface area (Å²) >= 11 is 6.22. The summed E-state index contributed by atoms with van der Waals surface area (Å²) in [6.45, 7) is 0.527. The normalized spacial score (nSPS) is 13.4. The van der Waals surface area contributed by atoms with E-state index in [2.05, 4.69) is 5.32 Å². The van der Waals surface area contributed by atoms with Crippen LogP contribution in [0.1, 0.15) is 39.1 Å². The number of carboxylic acids is 1. The first kappa shape index (κ1) is 17.3. The Morgan fingerprint density at radius 2 is 1.92 bits per heavy atom. The lowest BCUT2D eigenvalue weighted by atomic mass is 9.96. The molecule has 1 aliphatic heterocycles. The van der Waals surface area contributed by atoms with Crippen LogP contribution in [0.3, 0.4) is 0 Å². The van der Waals surface area contributed by atoms with E-state index in [1.165, 1.54) is 7.05 Å². The van der Waals surface area contributed by atoms with E-state index in [1.54, 1.807) is 24.3 Å². The van der Waals surface area contributed by atoms with Crippen LogP contribution in [-0.2, 0) is 6.42 Å². The molecule has 25 heavy (non-hydrogen) atoms. The van der Waals surface area contributed by atoms with E-state index in [0.29, 0.717) is 22.9 Å². The van der Waals surface area contributed by atoms with Crippen LogP contribution in [0.5, 0.6) is 5.75 Å². The average Bonchev–Trinajstić information content (AvgIpc) is 2.85. The van der Waals surface area contributed by atoms with Crippen molar-refractivity contribution in [2.75, 3.05) is 13.7 Å². The molecule has 0 saturated heterocycles. The fourth-order valence-corrected chi connectivity index (χ4v) is 3.24. The molecule has 2 aromatic carbocycles. The summed E-state index contributed by atoms with van der Waals surface area (Å²) in [5, 5.41) is 12.4. The quantitative estimate of drug-likeness (QED) is 0.874. The maximum atomic E-state index is 11.8. The first-order chi connectivity index (χ1) is 12.0. The van der Waals surface area contributed by atoms with Crippen molar-refractivity contribution in [1.82, 2.24) is 5.32 Å². The molecule has 3 rings (SSSR count). The Hall–Kier alpha value is -2.53. The van der Waals surface area contributed by atoms with Crippen LogP contribution in [0.2, 0.25) is 5.02 Å². The predicted octanol–water partition coefficient (Wildman–Crippen LogP) is 3.78. The molecule has 0 bridgehead atoms. The second-order valence-corrected chi connectivity index (χ2v) is 6.30. The highest BCUT2D eigenvalue weighted by atomic mass is 35.5. The van der Waals surface area contributed by atoms with Crippen molar-refractivity contribution in [3.8, 4) is 16.9 Å². The van der Waals surface area contributed by atoms with Gasteiger partial charge in [0.15, 0.2) is 0 Å². The van der Waals surface area contributed by atoms with Crippen molar-refractivity contribution in [2.45, 2.75) is 19.3 Å². The van der Waals surface area contributed by atoms with Gasteiger partial charge < -0.3 is 15.2 Å². The SMILES string of the molecule is CNC(=O)c1ccc(-c2cc3c(c(C(=O)O)c2)OCCCC3)cc1Cl. The summed E-state index contributed by atoms with van der Waals surface area (Å²) in [6.07, 6.45) is 2.62. The maximum Gasteiger partial charge on any atom is 0.339 e. The first-order valence-electron chi connectivity index (χ1n) is 8.06. The molecule has 0 spiro atoms. The number of aromatic carboxylic acids is 1. The minimum absolute atomic E-state index is 0.154. The van der Waals surface area contributed by atoms with Crippen molar-refractivity contribution in [3.05, 3.63) is 52.0 Å². The Balaban J connectivity index is 2.10.